The number of aromatic nitrogens is 2. The number of carbonyl (C=O) groups excluding carboxylic acids is 1. The molecule has 1 fully saturated rings. The van der Waals surface area contributed by atoms with Gasteiger partial charge in [-0.3, -0.25) is 4.79 Å². The van der Waals surface area contributed by atoms with Crippen molar-refractivity contribution in [2.75, 3.05) is 29.9 Å². The maximum Gasteiger partial charge on any atom is 0.274 e. The summed E-state index contributed by atoms with van der Waals surface area (Å²) < 4.78 is 23.4. The van der Waals surface area contributed by atoms with E-state index in [9.17, 15) is 13.2 Å². The van der Waals surface area contributed by atoms with Crippen molar-refractivity contribution >= 4 is 21.6 Å². The van der Waals surface area contributed by atoms with Gasteiger partial charge in [-0.25, -0.2) is 18.4 Å². The fourth-order valence-corrected chi connectivity index (χ4v) is 5.48. The molecule has 8 heteroatoms. The summed E-state index contributed by atoms with van der Waals surface area (Å²) in [6, 6.07) is -0.268. The molecule has 1 aliphatic heterocycles. The third-order valence-corrected chi connectivity index (χ3v) is 7.01. The summed E-state index contributed by atoms with van der Waals surface area (Å²) in [6.07, 6.45) is 11.8. The highest BCUT2D eigenvalue weighted by molar-refractivity contribution is 7.91. The van der Waals surface area contributed by atoms with Gasteiger partial charge in [0.1, 0.15) is 11.5 Å². The summed E-state index contributed by atoms with van der Waals surface area (Å²) >= 11 is 0. The van der Waals surface area contributed by atoms with Crippen molar-refractivity contribution in [2.24, 2.45) is 0 Å². The zero-order valence-corrected chi connectivity index (χ0v) is 16.7. The van der Waals surface area contributed by atoms with Gasteiger partial charge in [0, 0.05) is 19.1 Å². The third-order valence-electron chi connectivity index (χ3n) is 5.26. The Bertz CT molecular complexity index is 790. The van der Waals surface area contributed by atoms with Crippen molar-refractivity contribution in [1.82, 2.24) is 14.9 Å². The molecule has 0 radical (unpaired) electrons. The molecule has 27 heavy (non-hydrogen) atoms. The van der Waals surface area contributed by atoms with Crippen molar-refractivity contribution in [1.29, 1.82) is 0 Å². The largest absolute Gasteiger partial charge is 0.368 e. The van der Waals surface area contributed by atoms with Crippen molar-refractivity contribution in [2.45, 2.75) is 51.5 Å². The van der Waals surface area contributed by atoms with Crippen LogP contribution in [0.1, 0.15) is 55.9 Å². The number of hydrogen-bond donors (Lipinski definition) is 1. The second kappa shape index (κ2) is 8.82. The molecular formula is C19H28N4O3S. The normalized spacial score (nSPS) is 21.5. The second-order valence-electron chi connectivity index (χ2n) is 7.22. The molecule has 2 aliphatic rings. The van der Waals surface area contributed by atoms with Gasteiger partial charge in [0.2, 0.25) is 0 Å². The predicted octanol–water partition coefficient (Wildman–Crippen LogP) is 2.43. The lowest BCUT2D eigenvalue weighted by Crippen LogP contribution is -2.41. The third kappa shape index (κ3) is 5.28. The first-order valence-corrected chi connectivity index (χ1v) is 11.6. The fraction of sp³-hybridized carbons (Fsp3) is 0.632. The Hall–Kier alpha value is -1.96. The molecule has 3 rings (SSSR count). The number of allylic oxidation sites excluding steroid dienone is 1. The molecule has 0 bridgehead atoms. The van der Waals surface area contributed by atoms with Crippen LogP contribution in [0.25, 0.3) is 0 Å². The lowest BCUT2D eigenvalue weighted by Gasteiger charge is -2.26. The quantitative estimate of drug-likeness (QED) is 0.717. The van der Waals surface area contributed by atoms with E-state index in [1.807, 2.05) is 6.92 Å². The minimum Gasteiger partial charge on any atom is -0.368 e. The molecule has 148 valence electrons. The van der Waals surface area contributed by atoms with Crippen molar-refractivity contribution in [3.8, 4) is 0 Å². The summed E-state index contributed by atoms with van der Waals surface area (Å²) in [4.78, 5) is 22.8. The molecule has 0 spiro atoms. The van der Waals surface area contributed by atoms with E-state index in [1.165, 1.54) is 37.5 Å². The molecule has 1 unspecified atom stereocenters. The predicted molar refractivity (Wildman–Crippen MR) is 105 cm³/mol. The SMILES string of the molecule is CCN(C(=O)c1cnc(NCCC2=CCCCC2)cn1)C1CCS(=O)(=O)C1. The Morgan fingerprint density at radius 2 is 2.15 bits per heavy atom. The minimum atomic E-state index is -3.04. The van der Waals surface area contributed by atoms with Crippen LogP contribution >= 0.6 is 0 Å². The number of anilines is 1. The van der Waals surface area contributed by atoms with Gasteiger partial charge in [-0.15, -0.1) is 0 Å². The molecule has 1 atom stereocenters. The van der Waals surface area contributed by atoms with Gasteiger partial charge in [0.15, 0.2) is 9.84 Å². The van der Waals surface area contributed by atoms with Crippen LogP contribution in [0, 0.1) is 0 Å². The highest BCUT2D eigenvalue weighted by Gasteiger charge is 2.34. The van der Waals surface area contributed by atoms with Crippen molar-refractivity contribution < 1.29 is 13.2 Å². The Balaban J connectivity index is 1.55. The average Bonchev–Trinajstić information content (AvgIpc) is 3.03. The maximum atomic E-state index is 12.7. The second-order valence-corrected chi connectivity index (χ2v) is 9.45. The Kier molecular flexibility index (Phi) is 6.46. The van der Waals surface area contributed by atoms with E-state index in [0.717, 1.165) is 13.0 Å². The molecule has 0 aromatic carbocycles. The van der Waals surface area contributed by atoms with Crippen LogP contribution in [0.15, 0.2) is 24.0 Å². The van der Waals surface area contributed by atoms with Gasteiger partial charge in [-0.2, -0.15) is 0 Å². The van der Waals surface area contributed by atoms with Crippen LogP contribution in [0.3, 0.4) is 0 Å². The Morgan fingerprint density at radius 3 is 2.74 bits per heavy atom. The molecule has 0 saturated carbocycles. The number of rotatable bonds is 7. The van der Waals surface area contributed by atoms with E-state index < -0.39 is 9.84 Å². The number of nitrogens with one attached hydrogen (secondary N) is 1. The highest BCUT2D eigenvalue weighted by Crippen LogP contribution is 2.21. The molecule has 1 aliphatic carbocycles. The molecule has 1 aromatic heterocycles. The molecule has 1 aromatic rings. The van der Waals surface area contributed by atoms with E-state index in [-0.39, 0.29) is 29.1 Å². The number of hydrogen-bond acceptors (Lipinski definition) is 6. The Labute approximate surface area is 161 Å². The first-order chi connectivity index (χ1) is 13.0. The van der Waals surface area contributed by atoms with E-state index in [0.29, 0.717) is 18.8 Å². The van der Waals surface area contributed by atoms with E-state index >= 15 is 0 Å². The van der Waals surface area contributed by atoms with Crippen LogP contribution < -0.4 is 5.32 Å². The van der Waals surface area contributed by atoms with Crippen LogP contribution in [-0.2, 0) is 9.84 Å². The topological polar surface area (TPSA) is 92.3 Å². The summed E-state index contributed by atoms with van der Waals surface area (Å²) in [6.45, 7) is 3.11. The van der Waals surface area contributed by atoms with Crippen molar-refractivity contribution in [3.05, 3.63) is 29.7 Å². The molecule has 2 heterocycles. The standard InChI is InChI=1S/C19H28N4O3S/c1-2-23(16-9-11-27(25,26)14-16)19(24)17-12-22-18(13-21-17)20-10-8-15-6-4-3-5-7-15/h6,12-13,16H,2-5,7-11,14H2,1H3,(H,20,22). The van der Waals surface area contributed by atoms with Crippen LogP contribution in [-0.4, -0.2) is 59.8 Å². The fourth-order valence-electron chi connectivity index (χ4n) is 3.75. The molecule has 1 N–H and O–H groups in total. The van der Waals surface area contributed by atoms with Gasteiger partial charge in [0.25, 0.3) is 5.91 Å². The molecule has 7 nitrogen and oxygen atoms in total. The highest BCUT2D eigenvalue weighted by atomic mass is 32.2. The lowest BCUT2D eigenvalue weighted by molar-refractivity contribution is 0.0702. The zero-order chi connectivity index (χ0) is 19.3. The minimum absolute atomic E-state index is 0.0372. The zero-order valence-electron chi connectivity index (χ0n) is 15.9. The Morgan fingerprint density at radius 1 is 1.30 bits per heavy atom. The van der Waals surface area contributed by atoms with E-state index in [4.69, 9.17) is 0 Å². The summed E-state index contributed by atoms with van der Waals surface area (Å²) in [7, 11) is -3.04. The maximum absolute atomic E-state index is 12.7. The number of amides is 1. The number of carbonyl (C=O) groups is 1. The van der Waals surface area contributed by atoms with E-state index in [2.05, 4.69) is 21.4 Å². The van der Waals surface area contributed by atoms with Gasteiger partial charge in [0.05, 0.1) is 23.9 Å². The van der Waals surface area contributed by atoms with E-state index in [1.54, 1.807) is 11.1 Å². The van der Waals surface area contributed by atoms with Gasteiger partial charge < -0.3 is 10.2 Å². The summed E-state index contributed by atoms with van der Waals surface area (Å²) in [5.74, 6) is 0.572. The summed E-state index contributed by atoms with van der Waals surface area (Å²) in [5, 5.41) is 3.25. The monoisotopic (exact) mass is 392 g/mol. The number of nitrogens with zero attached hydrogens (tertiary/aromatic N) is 3. The van der Waals surface area contributed by atoms with Crippen molar-refractivity contribution in [3.63, 3.8) is 0 Å². The smallest absolute Gasteiger partial charge is 0.274 e. The average molecular weight is 393 g/mol. The van der Waals surface area contributed by atoms with Gasteiger partial charge in [-0.1, -0.05) is 11.6 Å². The molecule has 1 saturated heterocycles. The molecule has 1 amide bonds. The van der Waals surface area contributed by atoms with Crippen LogP contribution in [0.4, 0.5) is 5.82 Å². The lowest BCUT2D eigenvalue weighted by atomic mass is 9.97. The summed E-state index contributed by atoms with van der Waals surface area (Å²) in [5.41, 5.74) is 1.75. The van der Waals surface area contributed by atoms with Crippen LogP contribution in [0.5, 0.6) is 0 Å². The van der Waals surface area contributed by atoms with Gasteiger partial charge in [-0.05, 0) is 45.4 Å². The van der Waals surface area contributed by atoms with Crippen LogP contribution in [0.2, 0.25) is 0 Å². The van der Waals surface area contributed by atoms with Gasteiger partial charge >= 0.3 is 0 Å². The first-order valence-electron chi connectivity index (χ1n) is 9.73. The first kappa shape index (κ1) is 19.8. The number of sulfone groups is 1. The molecular weight excluding hydrogens is 364 g/mol.